The molecule has 0 aliphatic rings. The van der Waals surface area contributed by atoms with Crippen molar-refractivity contribution in [1.82, 2.24) is 4.98 Å². The van der Waals surface area contributed by atoms with E-state index in [2.05, 4.69) is 15.5 Å². The Morgan fingerprint density at radius 1 is 1.27 bits per heavy atom. The first-order valence-corrected chi connectivity index (χ1v) is 6.63. The lowest BCUT2D eigenvalue weighted by Gasteiger charge is -1.98. The van der Waals surface area contributed by atoms with Crippen LogP contribution in [0.15, 0.2) is 56.7 Å². The first-order valence-electron chi connectivity index (χ1n) is 6.25. The van der Waals surface area contributed by atoms with Crippen molar-refractivity contribution in [3.63, 3.8) is 0 Å². The van der Waals surface area contributed by atoms with Crippen molar-refractivity contribution in [2.45, 2.75) is 0 Å². The van der Waals surface area contributed by atoms with Crippen molar-refractivity contribution in [3.05, 3.63) is 59.3 Å². The zero-order valence-corrected chi connectivity index (χ0v) is 11.9. The minimum Gasteiger partial charge on any atom is -0.455 e. The number of hydrazone groups is 1. The molecule has 0 saturated carbocycles. The molecule has 2 aromatic heterocycles. The third kappa shape index (κ3) is 2.85. The molecular weight excluding hydrogens is 304 g/mol. The minimum absolute atomic E-state index is 0.133. The van der Waals surface area contributed by atoms with Gasteiger partial charge in [0.25, 0.3) is 5.88 Å². The summed E-state index contributed by atoms with van der Waals surface area (Å²) in [5.74, 6) is 1.35. The lowest BCUT2D eigenvalue weighted by molar-refractivity contribution is 0.568. The number of nitrogens with one attached hydrogen (secondary N) is 1. The van der Waals surface area contributed by atoms with Crippen LogP contribution in [0.2, 0.25) is 5.02 Å². The Kier molecular flexibility index (Phi) is 3.90. The molecule has 1 N–H and O–H groups in total. The van der Waals surface area contributed by atoms with Gasteiger partial charge in [-0.3, -0.25) is 0 Å². The van der Waals surface area contributed by atoms with Gasteiger partial charge in [0.15, 0.2) is 6.39 Å². The second-order valence-electron chi connectivity index (χ2n) is 4.19. The van der Waals surface area contributed by atoms with Crippen molar-refractivity contribution in [2.24, 2.45) is 5.10 Å². The van der Waals surface area contributed by atoms with E-state index in [0.29, 0.717) is 16.5 Å². The van der Waals surface area contributed by atoms with Gasteiger partial charge in [-0.15, -0.1) is 0 Å². The summed E-state index contributed by atoms with van der Waals surface area (Å²) in [4.78, 5) is 3.71. The van der Waals surface area contributed by atoms with E-state index in [1.54, 1.807) is 18.2 Å². The molecule has 108 valence electrons. The Hall–Kier alpha value is -3.04. The van der Waals surface area contributed by atoms with Crippen LogP contribution in [0.1, 0.15) is 11.5 Å². The van der Waals surface area contributed by atoms with Crippen LogP contribution < -0.4 is 5.43 Å². The number of rotatable bonds is 4. The topological polar surface area (TPSA) is 87.4 Å². The predicted octanol–water partition coefficient (Wildman–Crippen LogP) is 3.91. The minimum atomic E-state index is 0.133. The average Bonchev–Trinajstić information content (AvgIpc) is 3.17. The van der Waals surface area contributed by atoms with Gasteiger partial charge in [-0.05, 0) is 24.3 Å². The molecule has 0 aliphatic heterocycles. The smallest absolute Gasteiger partial charge is 0.251 e. The zero-order chi connectivity index (χ0) is 15.4. The van der Waals surface area contributed by atoms with E-state index in [9.17, 15) is 0 Å². The van der Waals surface area contributed by atoms with Gasteiger partial charge in [0.2, 0.25) is 5.69 Å². The molecule has 3 rings (SSSR count). The Morgan fingerprint density at radius 3 is 2.95 bits per heavy atom. The van der Waals surface area contributed by atoms with Crippen LogP contribution in [0.3, 0.4) is 0 Å². The summed E-state index contributed by atoms with van der Waals surface area (Å²) in [7, 11) is 0. The maximum atomic E-state index is 8.78. The van der Waals surface area contributed by atoms with Gasteiger partial charge in [-0.2, -0.15) is 10.4 Å². The van der Waals surface area contributed by atoms with Gasteiger partial charge in [0, 0.05) is 5.56 Å². The average molecular weight is 313 g/mol. The number of aromatic nitrogens is 1. The number of nitrogens with zero attached hydrogens (tertiary/aromatic N) is 3. The molecule has 0 bridgehead atoms. The van der Waals surface area contributed by atoms with E-state index < -0.39 is 0 Å². The second-order valence-corrected chi connectivity index (χ2v) is 4.60. The molecule has 0 aliphatic carbocycles. The molecule has 0 radical (unpaired) electrons. The molecule has 0 saturated heterocycles. The highest BCUT2D eigenvalue weighted by Crippen LogP contribution is 2.28. The number of furan rings is 1. The number of hydrogen-bond acceptors (Lipinski definition) is 6. The van der Waals surface area contributed by atoms with Crippen molar-refractivity contribution >= 4 is 23.7 Å². The maximum absolute atomic E-state index is 8.78. The number of benzene rings is 1. The highest BCUT2D eigenvalue weighted by Gasteiger charge is 2.08. The molecule has 2 heterocycles. The van der Waals surface area contributed by atoms with E-state index >= 15 is 0 Å². The zero-order valence-electron chi connectivity index (χ0n) is 11.2. The van der Waals surface area contributed by atoms with Crippen LogP contribution in [0.5, 0.6) is 0 Å². The Balaban J connectivity index is 1.74. The fraction of sp³-hybridized carbons (Fsp3) is 0. The van der Waals surface area contributed by atoms with Crippen LogP contribution in [0.25, 0.3) is 11.3 Å². The lowest BCUT2D eigenvalue weighted by Crippen LogP contribution is -1.90. The van der Waals surface area contributed by atoms with Gasteiger partial charge in [0.05, 0.1) is 11.2 Å². The van der Waals surface area contributed by atoms with E-state index in [-0.39, 0.29) is 11.6 Å². The molecule has 0 unspecified atom stereocenters. The van der Waals surface area contributed by atoms with Crippen molar-refractivity contribution < 1.29 is 8.83 Å². The molecule has 1 aromatic carbocycles. The van der Waals surface area contributed by atoms with Crippen molar-refractivity contribution in [1.29, 1.82) is 5.26 Å². The van der Waals surface area contributed by atoms with Crippen molar-refractivity contribution in [2.75, 3.05) is 5.43 Å². The van der Waals surface area contributed by atoms with E-state index in [4.69, 9.17) is 25.7 Å². The van der Waals surface area contributed by atoms with E-state index in [0.717, 1.165) is 5.56 Å². The number of nitriles is 1. The first kappa shape index (κ1) is 13.9. The third-order valence-corrected chi connectivity index (χ3v) is 3.13. The lowest BCUT2D eigenvalue weighted by atomic mass is 10.2. The number of halogens is 1. The molecular formula is C15H9ClN4O2. The first-order chi connectivity index (χ1) is 10.8. The van der Waals surface area contributed by atoms with Gasteiger partial charge < -0.3 is 8.83 Å². The second kappa shape index (κ2) is 6.16. The fourth-order valence-electron chi connectivity index (χ4n) is 1.79. The molecule has 0 fully saturated rings. The third-order valence-electron chi connectivity index (χ3n) is 2.80. The van der Waals surface area contributed by atoms with Crippen molar-refractivity contribution in [3.8, 4) is 17.4 Å². The van der Waals surface area contributed by atoms with Crippen LogP contribution in [-0.2, 0) is 0 Å². The highest BCUT2D eigenvalue weighted by molar-refractivity contribution is 6.33. The predicted molar refractivity (Wildman–Crippen MR) is 81.6 cm³/mol. The fourth-order valence-corrected chi connectivity index (χ4v) is 2.02. The quantitative estimate of drug-likeness (QED) is 0.583. The van der Waals surface area contributed by atoms with E-state index in [1.807, 2.05) is 24.3 Å². The molecule has 7 heteroatoms. The standard InChI is InChI=1S/C15H9ClN4O2/c16-12-4-2-1-3-11(12)14-6-5-10(22-14)8-19-20-15-13(7-17)18-9-21-15/h1-6,8-9,20H/b19-8-. The number of hydrogen-bond donors (Lipinski definition) is 1. The summed E-state index contributed by atoms with van der Waals surface area (Å²) >= 11 is 6.12. The summed E-state index contributed by atoms with van der Waals surface area (Å²) in [6, 6.07) is 12.8. The summed E-state index contributed by atoms with van der Waals surface area (Å²) in [5.41, 5.74) is 3.52. The monoisotopic (exact) mass is 312 g/mol. The van der Waals surface area contributed by atoms with Gasteiger partial charge in [-0.1, -0.05) is 23.7 Å². The molecule has 3 aromatic rings. The Morgan fingerprint density at radius 2 is 2.14 bits per heavy atom. The summed E-state index contributed by atoms with van der Waals surface area (Å²) in [6.45, 7) is 0. The Labute approximate surface area is 130 Å². The molecule has 0 atom stereocenters. The summed E-state index contributed by atoms with van der Waals surface area (Å²) in [6.07, 6.45) is 2.63. The largest absolute Gasteiger partial charge is 0.455 e. The molecule has 0 spiro atoms. The highest BCUT2D eigenvalue weighted by atomic mass is 35.5. The maximum Gasteiger partial charge on any atom is 0.251 e. The SMILES string of the molecule is N#Cc1ncoc1N/N=C\c1ccc(-c2ccccc2Cl)o1. The number of anilines is 1. The summed E-state index contributed by atoms with van der Waals surface area (Å²) in [5, 5.41) is 13.3. The van der Waals surface area contributed by atoms with Gasteiger partial charge in [0.1, 0.15) is 17.6 Å². The van der Waals surface area contributed by atoms with Crippen LogP contribution in [-0.4, -0.2) is 11.2 Å². The normalized spacial score (nSPS) is 10.7. The Bertz CT molecular complexity index is 860. The number of oxazole rings is 1. The molecule has 0 amide bonds. The molecule has 22 heavy (non-hydrogen) atoms. The van der Waals surface area contributed by atoms with Crippen LogP contribution in [0, 0.1) is 11.3 Å². The van der Waals surface area contributed by atoms with Crippen LogP contribution >= 0.6 is 11.6 Å². The van der Waals surface area contributed by atoms with Gasteiger partial charge in [-0.25, -0.2) is 10.4 Å². The van der Waals surface area contributed by atoms with Gasteiger partial charge >= 0.3 is 0 Å². The molecule has 6 nitrogen and oxygen atoms in total. The summed E-state index contributed by atoms with van der Waals surface area (Å²) < 4.78 is 10.6. The van der Waals surface area contributed by atoms with Crippen LogP contribution in [0.4, 0.5) is 5.88 Å². The van der Waals surface area contributed by atoms with E-state index in [1.165, 1.54) is 12.6 Å².